The van der Waals surface area contributed by atoms with E-state index in [0.29, 0.717) is 5.58 Å². The second kappa shape index (κ2) is 6.45. The molecule has 0 radical (unpaired) electrons. The first kappa shape index (κ1) is 16.2. The van der Waals surface area contributed by atoms with E-state index in [1.165, 1.54) is 12.1 Å². The molecular weight excluding hydrogens is 376 g/mol. The summed E-state index contributed by atoms with van der Waals surface area (Å²) in [6.07, 6.45) is 0. The van der Waals surface area contributed by atoms with Gasteiger partial charge in [0, 0.05) is 34.1 Å². The molecule has 3 aromatic rings. The maximum Gasteiger partial charge on any atom is 0.287 e. The number of amides is 1. The predicted molar refractivity (Wildman–Crippen MR) is 92.9 cm³/mol. The topological polar surface area (TPSA) is 85.4 Å². The zero-order chi connectivity index (χ0) is 17.3. The van der Waals surface area contributed by atoms with Crippen molar-refractivity contribution in [1.82, 2.24) is 5.32 Å². The number of hydrogen-bond acceptors (Lipinski definition) is 4. The van der Waals surface area contributed by atoms with Gasteiger partial charge in [-0.3, -0.25) is 14.9 Å². The van der Waals surface area contributed by atoms with Crippen molar-refractivity contribution < 1.29 is 14.1 Å². The van der Waals surface area contributed by atoms with Crippen molar-refractivity contribution in [3.63, 3.8) is 0 Å². The number of carbonyl (C=O) groups excluding carboxylic acids is 1. The summed E-state index contributed by atoms with van der Waals surface area (Å²) in [6, 6.07) is 11.6. The lowest BCUT2D eigenvalue weighted by Gasteiger charge is -2.04. The van der Waals surface area contributed by atoms with E-state index < -0.39 is 4.92 Å². The van der Waals surface area contributed by atoms with Gasteiger partial charge in [-0.2, -0.15) is 0 Å². The molecule has 122 valence electrons. The number of carbonyl (C=O) groups is 1. The number of nitrogens with zero attached hydrogens (tertiary/aromatic N) is 1. The lowest BCUT2D eigenvalue weighted by molar-refractivity contribution is -0.384. The molecule has 0 saturated carbocycles. The number of rotatable bonds is 4. The highest BCUT2D eigenvalue weighted by molar-refractivity contribution is 9.10. The largest absolute Gasteiger partial charge is 0.451 e. The Balaban J connectivity index is 1.75. The van der Waals surface area contributed by atoms with E-state index in [1.807, 2.05) is 19.1 Å². The van der Waals surface area contributed by atoms with E-state index in [2.05, 4.69) is 21.2 Å². The molecule has 3 rings (SSSR count). The van der Waals surface area contributed by atoms with E-state index in [0.717, 1.165) is 21.0 Å². The van der Waals surface area contributed by atoms with Gasteiger partial charge >= 0.3 is 0 Å². The Morgan fingerprint density at radius 1 is 1.25 bits per heavy atom. The fourth-order valence-corrected chi connectivity index (χ4v) is 2.77. The molecule has 7 heteroatoms. The normalized spacial score (nSPS) is 10.8. The van der Waals surface area contributed by atoms with E-state index in [1.54, 1.807) is 18.2 Å². The Kier molecular flexibility index (Phi) is 4.35. The summed E-state index contributed by atoms with van der Waals surface area (Å²) in [5.74, 6) is -0.0526. The van der Waals surface area contributed by atoms with Crippen LogP contribution in [0.5, 0.6) is 0 Å². The summed E-state index contributed by atoms with van der Waals surface area (Å²) in [6.45, 7) is 2.09. The Hall–Kier alpha value is -2.67. The summed E-state index contributed by atoms with van der Waals surface area (Å²) in [5, 5.41) is 14.3. The average Bonchev–Trinajstić information content (AvgIpc) is 2.89. The zero-order valence-corrected chi connectivity index (χ0v) is 14.3. The van der Waals surface area contributed by atoms with Crippen molar-refractivity contribution >= 4 is 38.5 Å². The maximum absolute atomic E-state index is 12.3. The third-order valence-corrected chi connectivity index (χ3v) is 4.20. The van der Waals surface area contributed by atoms with Gasteiger partial charge in [-0.05, 0) is 30.7 Å². The van der Waals surface area contributed by atoms with Crippen LogP contribution in [0.4, 0.5) is 5.69 Å². The molecule has 0 atom stereocenters. The third-order valence-electron chi connectivity index (χ3n) is 3.70. The van der Waals surface area contributed by atoms with Crippen LogP contribution < -0.4 is 5.32 Å². The van der Waals surface area contributed by atoms with Crippen LogP contribution in [0.2, 0.25) is 0 Å². The number of benzene rings is 2. The molecule has 0 aliphatic rings. The molecule has 2 aromatic carbocycles. The molecule has 1 amide bonds. The minimum Gasteiger partial charge on any atom is -0.451 e. The molecule has 1 heterocycles. The highest BCUT2D eigenvalue weighted by atomic mass is 79.9. The van der Waals surface area contributed by atoms with Gasteiger partial charge in [0.15, 0.2) is 5.76 Å². The molecule has 24 heavy (non-hydrogen) atoms. The van der Waals surface area contributed by atoms with Crippen LogP contribution >= 0.6 is 15.9 Å². The van der Waals surface area contributed by atoms with Gasteiger partial charge in [0.25, 0.3) is 11.6 Å². The summed E-state index contributed by atoms with van der Waals surface area (Å²) < 4.78 is 6.55. The SMILES string of the molecule is Cc1c(C(=O)NCc2ccc([N+](=O)[O-])cc2)oc2ccc(Br)cc12. The molecule has 6 nitrogen and oxygen atoms in total. The first-order chi connectivity index (χ1) is 11.5. The van der Waals surface area contributed by atoms with Gasteiger partial charge in [-0.25, -0.2) is 0 Å². The Labute approximate surface area is 145 Å². The summed E-state index contributed by atoms with van der Waals surface area (Å²) in [7, 11) is 0. The molecule has 0 unspecified atom stereocenters. The summed E-state index contributed by atoms with van der Waals surface area (Å²) >= 11 is 3.40. The van der Waals surface area contributed by atoms with Crippen LogP contribution in [-0.2, 0) is 6.54 Å². The van der Waals surface area contributed by atoms with E-state index >= 15 is 0 Å². The molecule has 0 aliphatic heterocycles. The van der Waals surface area contributed by atoms with Crippen LogP contribution in [0.15, 0.2) is 51.4 Å². The number of hydrogen-bond donors (Lipinski definition) is 1. The molecule has 0 fully saturated rings. The summed E-state index contributed by atoms with van der Waals surface area (Å²) in [4.78, 5) is 22.5. The minimum absolute atomic E-state index is 0.0174. The second-order valence-electron chi connectivity index (χ2n) is 5.30. The van der Waals surface area contributed by atoms with E-state index in [9.17, 15) is 14.9 Å². The lowest BCUT2D eigenvalue weighted by Crippen LogP contribution is -2.22. The van der Waals surface area contributed by atoms with Crippen molar-refractivity contribution in [3.8, 4) is 0 Å². The number of halogens is 1. The average molecular weight is 389 g/mol. The standard InChI is InChI=1S/C17H13BrN2O4/c1-10-14-8-12(18)4-7-15(14)24-16(10)17(21)19-9-11-2-5-13(6-3-11)20(22)23/h2-8H,9H2,1H3,(H,19,21). The summed E-state index contributed by atoms with van der Waals surface area (Å²) in [5.41, 5.74) is 2.21. The highest BCUT2D eigenvalue weighted by Crippen LogP contribution is 2.28. The van der Waals surface area contributed by atoms with Gasteiger partial charge in [0.1, 0.15) is 5.58 Å². The Bertz CT molecular complexity index is 932. The van der Waals surface area contributed by atoms with Crippen molar-refractivity contribution in [3.05, 3.63) is 73.9 Å². The zero-order valence-electron chi connectivity index (χ0n) is 12.7. The fourth-order valence-electron chi connectivity index (χ4n) is 2.41. The first-order valence-electron chi connectivity index (χ1n) is 7.16. The van der Waals surface area contributed by atoms with Crippen molar-refractivity contribution in [2.45, 2.75) is 13.5 Å². The van der Waals surface area contributed by atoms with Gasteiger partial charge in [-0.1, -0.05) is 28.1 Å². The van der Waals surface area contributed by atoms with Crippen LogP contribution in [0.3, 0.4) is 0 Å². The van der Waals surface area contributed by atoms with Gasteiger partial charge in [0.05, 0.1) is 4.92 Å². The Morgan fingerprint density at radius 2 is 1.96 bits per heavy atom. The van der Waals surface area contributed by atoms with E-state index in [-0.39, 0.29) is 23.9 Å². The molecular formula is C17H13BrN2O4. The predicted octanol–water partition coefficient (Wildman–Crippen LogP) is 4.34. The number of nitro benzene ring substituents is 1. The van der Waals surface area contributed by atoms with Crippen molar-refractivity contribution in [1.29, 1.82) is 0 Å². The van der Waals surface area contributed by atoms with Crippen LogP contribution in [0.1, 0.15) is 21.7 Å². The monoisotopic (exact) mass is 388 g/mol. The number of nitro groups is 1. The number of furan rings is 1. The smallest absolute Gasteiger partial charge is 0.287 e. The molecule has 0 aliphatic carbocycles. The van der Waals surface area contributed by atoms with Crippen LogP contribution in [0.25, 0.3) is 11.0 Å². The van der Waals surface area contributed by atoms with Crippen molar-refractivity contribution in [2.24, 2.45) is 0 Å². The maximum atomic E-state index is 12.3. The van der Waals surface area contributed by atoms with Gasteiger partial charge in [-0.15, -0.1) is 0 Å². The number of fused-ring (bicyclic) bond motifs is 1. The van der Waals surface area contributed by atoms with Crippen LogP contribution in [0, 0.1) is 17.0 Å². The molecule has 1 N–H and O–H groups in total. The number of non-ortho nitro benzene ring substituents is 1. The quantitative estimate of drug-likeness (QED) is 0.531. The van der Waals surface area contributed by atoms with Crippen molar-refractivity contribution in [2.75, 3.05) is 0 Å². The highest BCUT2D eigenvalue weighted by Gasteiger charge is 2.17. The lowest BCUT2D eigenvalue weighted by atomic mass is 10.1. The Morgan fingerprint density at radius 3 is 2.62 bits per heavy atom. The molecule has 1 aromatic heterocycles. The minimum atomic E-state index is -0.460. The number of aryl methyl sites for hydroxylation is 1. The van der Waals surface area contributed by atoms with E-state index in [4.69, 9.17) is 4.42 Å². The molecule has 0 bridgehead atoms. The first-order valence-corrected chi connectivity index (χ1v) is 7.95. The van der Waals surface area contributed by atoms with Crippen LogP contribution in [-0.4, -0.2) is 10.8 Å². The number of nitrogens with one attached hydrogen (secondary N) is 1. The fraction of sp³-hybridized carbons (Fsp3) is 0.118. The van der Waals surface area contributed by atoms with Gasteiger partial charge < -0.3 is 9.73 Å². The third kappa shape index (κ3) is 3.16. The second-order valence-corrected chi connectivity index (χ2v) is 6.22. The molecule has 0 spiro atoms. The molecule has 0 saturated heterocycles. The van der Waals surface area contributed by atoms with Gasteiger partial charge in [0.2, 0.25) is 0 Å².